The van der Waals surface area contributed by atoms with Crippen LogP contribution in [0.25, 0.3) is 0 Å². The number of pyridine rings is 1. The molecule has 0 bridgehead atoms. The number of aliphatic carboxylic acids is 1. The summed E-state index contributed by atoms with van der Waals surface area (Å²) in [7, 11) is 0. The third kappa shape index (κ3) is 3.52. The number of carbonyl (C=O) groups excluding carboxylic acids is 1. The van der Waals surface area contributed by atoms with Gasteiger partial charge in [-0.05, 0) is 24.3 Å². The molecule has 0 atom stereocenters. The van der Waals surface area contributed by atoms with Gasteiger partial charge in [-0.15, -0.1) is 11.3 Å². The minimum atomic E-state index is -1.52. The predicted octanol–water partition coefficient (Wildman–Crippen LogP) is 2.44. The lowest BCUT2D eigenvalue weighted by molar-refractivity contribution is -0.135. The Bertz CT molecular complexity index is 661. The van der Waals surface area contributed by atoms with E-state index >= 15 is 0 Å². The first-order chi connectivity index (χ1) is 9.56. The van der Waals surface area contributed by atoms with E-state index in [1.165, 1.54) is 11.3 Å². The molecule has 0 saturated heterocycles. The number of aromatic nitrogens is 1. The fraction of sp³-hybridized carbons (Fsp3) is 0.0714. The number of rotatable bonds is 5. The van der Waals surface area contributed by atoms with E-state index in [0.717, 1.165) is 10.6 Å². The first kappa shape index (κ1) is 14.0. The number of hydrogen-bond donors (Lipinski definition) is 2. The van der Waals surface area contributed by atoms with Crippen LogP contribution in [-0.4, -0.2) is 26.9 Å². The Labute approximate surface area is 118 Å². The molecule has 5 nitrogen and oxygen atoms in total. The van der Waals surface area contributed by atoms with Crippen LogP contribution in [0.1, 0.15) is 20.2 Å². The molecule has 0 radical (unpaired) electrons. The van der Waals surface area contributed by atoms with E-state index in [-0.39, 0.29) is 0 Å². The maximum absolute atomic E-state index is 11.7. The number of aliphatic hydroxyl groups is 1. The Balaban J connectivity index is 2.11. The zero-order valence-corrected chi connectivity index (χ0v) is 11.1. The van der Waals surface area contributed by atoms with E-state index in [9.17, 15) is 9.59 Å². The van der Waals surface area contributed by atoms with Gasteiger partial charge in [0.1, 0.15) is 0 Å². The molecular weight excluding hydrogens is 278 g/mol. The van der Waals surface area contributed by atoms with E-state index in [1.54, 1.807) is 18.3 Å². The minimum absolute atomic E-state index is 0.378. The standard InChI is InChI=1S/C14H11NO4S/c16-11(8-12(17)14(18)19)13-5-4-10(20-13)7-9-3-1-2-6-15-9/h1-6,8,17H,7H2,(H,18,19). The fourth-order valence-corrected chi connectivity index (χ4v) is 2.48. The van der Waals surface area contributed by atoms with Crippen LogP contribution < -0.4 is 0 Å². The van der Waals surface area contributed by atoms with Gasteiger partial charge in [0, 0.05) is 29.3 Å². The Morgan fingerprint density at radius 2 is 2.00 bits per heavy atom. The van der Waals surface area contributed by atoms with Crippen molar-refractivity contribution < 1.29 is 19.8 Å². The molecular formula is C14H11NO4S. The molecule has 0 aliphatic heterocycles. The summed E-state index contributed by atoms with van der Waals surface area (Å²) >= 11 is 1.25. The molecule has 2 heterocycles. The van der Waals surface area contributed by atoms with Gasteiger partial charge in [0.2, 0.25) is 5.76 Å². The normalized spacial score (nSPS) is 11.3. The predicted molar refractivity (Wildman–Crippen MR) is 74.0 cm³/mol. The van der Waals surface area contributed by atoms with Gasteiger partial charge in [0.25, 0.3) is 0 Å². The number of allylic oxidation sites excluding steroid dienone is 1. The van der Waals surface area contributed by atoms with Gasteiger partial charge in [0.15, 0.2) is 5.78 Å². The highest BCUT2D eigenvalue weighted by molar-refractivity contribution is 7.14. The van der Waals surface area contributed by atoms with Crippen LogP contribution in [0.2, 0.25) is 0 Å². The lowest BCUT2D eigenvalue weighted by atomic mass is 10.2. The molecule has 2 aromatic rings. The van der Waals surface area contributed by atoms with Gasteiger partial charge in [-0.3, -0.25) is 9.78 Å². The Hall–Kier alpha value is -2.47. The number of hydrogen-bond acceptors (Lipinski definition) is 5. The summed E-state index contributed by atoms with van der Waals surface area (Å²) in [5.74, 6) is -3.01. The quantitative estimate of drug-likeness (QED) is 0.501. The van der Waals surface area contributed by atoms with Gasteiger partial charge >= 0.3 is 5.97 Å². The Morgan fingerprint density at radius 1 is 1.20 bits per heavy atom. The molecule has 102 valence electrons. The number of aliphatic hydroxyl groups excluding tert-OH is 1. The van der Waals surface area contributed by atoms with E-state index < -0.39 is 17.5 Å². The van der Waals surface area contributed by atoms with E-state index in [4.69, 9.17) is 10.2 Å². The number of thiophene rings is 1. The topological polar surface area (TPSA) is 87.5 Å². The maximum Gasteiger partial charge on any atom is 0.371 e. The van der Waals surface area contributed by atoms with Crippen LogP contribution in [0.15, 0.2) is 48.4 Å². The van der Waals surface area contributed by atoms with E-state index in [1.807, 2.05) is 18.2 Å². The van der Waals surface area contributed by atoms with E-state index in [0.29, 0.717) is 17.4 Å². The van der Waals surface area contributed by atoms with Crippen LogP contribution in [0, 0.1) is 0 Å². The summed E-state index contributed by atoms with van der Waals surface area (Å²) in [4.78, 5) is 27.7. The highest BCUT2D eigenvalue weighted by Crippen LogP contribution is 2.20. The third-order valence-electron chi connectivity index (χ3n) is 2.47. The van der Waals surface area contributed by atoms with Gasteiger partial charge in [-0.2, -0.15) is 0 Å². The van der Waals surface area contributed by atoms with Crippen molar-refractivity contribution in [1.82, 2.24) is 4.98 Å². The van der Waals surface area contributed by atoms with Gasteiger partial charge in [-0.25, -0.2) is 4.79 Å². The molecule has 0 unspecified atom stereocenters. The molecule has 2 aromatic heterocycles. The lowest BCUT2D eigenvalue weighted by Crippen LogP contribution is -2.02. The zero-order chi connectivity index (χ0) is 14.5. The van der Waals surface area contributed by atoms with Gasteiger partial charge in [0.05, 0.1) is 4.88 Å². The first-order valence-corrected chi connectivity index (χ1v) is 6.55. The van der Waals surface area contributed by atoms with Crippen LogP contribution >= 0.6 is 11.3 Å². The molecule has 0 spiro atoms. The highest BCUT2D eigenvalue weighted by atomic mass is 32.1. The molecule has 0 amide bonds. The molecule has 2 rings (SSSR count). The van der Waals surface area contributed by atoms with Crippen LogP contribution in [0.5, 0.6) is 0 Å². The van der Waals surface area contributed by atoms with Gasteiger partial charge in [-0.1, -0.05) is 6.07 Å². The summed E-state index contributed by atoms with van der Waals surface area (Å²) in [5, 5.41) is 17.5. The number of carboxylic acids is 1. The second kappa shape index (κ2) is 6.12. The summed E-state index contributed by atoms with van der Waals surface area (Å²) in [6.07, 6.45) is 3.01. The average Bonchev–Trinajstić information content (AvgIpc) is 2.88. The van der Waals surface area contributed by atoms with Crippen molar-refractivity contribution in [3.8, 4) is 0 Å². The van der Waals surface area contributed by atoms with Crippen molar-refractivity contribution in [2.75, 3.05) is 0 Å². The van der Waals surface area contributed by atoms with E-state index in [2.05, 4.69) is 4.98 Å². The van der Waals surface area contributed by atoms with Crippen molar-refractivity contribution in [2.45, 2.75) is 6.42 Å². The molecule has 6 heteroatoms. The monoisotopic (exact) mass is 289 g/mol. The largest absolute Gasteiger partial charge is 0.502 e. The molecule has 0 aliphatic carbocycles. The van der Waals surface area contributed by atoms with Crippen LogP contribution in [0.3, 0.4) is 0 Å². The van der Waals surface area contributed by atoms with Gasteiger partial charge < -0.3 is 10.2 Å². The van der Waals surface area contributed by atoms with Crippen molar-refractivity contribution in [3.63, 3.8) is 0 Å². The summed E-state index contributed by atoms with van der Waals surface area (Å²) < 4.78 is 0. The molecule has 0 aromatic carbocycles. The molecule has 2 N–H and O–H groups in total. The first-order valence-electron chi connectivity index (χ1n) is 5.73. The minimum Gasteiger partial charge on any atom is -0.502 e. The Kier molecular flexibility index (Phi) is 4.27. The van der Waals surface area contributed by atoms with Crippen molar-refractivity contribution >= 4 is 23.1 Å². The average molecular weight is 289 g/mol. The second-order valence-corrected chi connectivity index (χ2v) is 5.13. The SMILES string of the molecule is O=C(O)C(O)=CC(=O)c1ccc(Cc2ccccn2)s1. The van der Waals surface area contributed by atoms with Crippen molar-refractivity contribution in [3.05, 3.63) is 63.8 Å². The summed E-state index contributed by atoms with van der Waals surface area (Å²) in [5.41, 5.74) is 0.886. The highest BCUT2D eigenvalue weighted by Gasteiger charge is 2.12. The second-order valence-electron chi connectivity index (χ2n) is 3.96. The number of carbonyl (C=O) groups is 2. The number of ketones is 1. The number of carboxylic acid groups (broad SMARTS) is 1. The lowest BCUT2D eigenvalue weighted by Gasteiger charge is -1.96. The van der Waals surface area contributed by atoms with Crippen LogP contribution in [-0.2, 0) is 11.2 Å². The molecule has 0 saturated carbocycles. The maximum atomic E-state index is 11.7. The number of nitrogens with zero attached hydrogens (tertiary/aromatic N) is 1. The van der Waals surface area contributed by atoms with Crippen molar-refractivity contribution in [1.29, 1.82) is 0 Å². The molecule has 20 heavy (non-hydrogen) atoms. The third-order valence-corrected chi connectivity index (χ3v) is 3.57. The fourth-order valence-electron chi connectivity index (χ4n) is 1.54. The smallest absolute Gasteiger partial charge is 0.371 e. The summed E-state index contributed by atoms with van der Waals surface area (Å²) in [6.45, 7) is 0. The van der Waals surface area contributed by atoms with Crippen molar-refractivity contribution in [2.24, 2.45) is 0 Å². The molecule has 0 aliphatic rings. The Morgan fingerprint density at radius 3 is 2.65 bits per heavy atom. The zero-order valence-electron chi connectivity index (χ0n) is 10.3. The molecule has 0 fully saturated rings. The van der Waals surface area contributed by atoms with Crippen LogP contribution in [0.4, 0.5) is 0 Å². The summed E-state index contributed by atoms with van der Waals surface area (Å²) in [6, 6.07) is 8.99.